The van der Waals surface area contributed by atoms with Gasteiger partial charge in [-0.1, -0.05) is 11.6 Å². The molecule has 0 amide bonds. The van der Waals surface area contributed by atoms with E-state index in [9.17, 15) is 12.8 Å². The van der Waals surface area contributed by atoms with Crippen LogP contribution in [0.3, 0.4) is 0 Å². The van der Waals surface area contributed by atoms with Crippen molar-refractivity contribution in [1.29, 1.82) is 0 Å². The van der Waals surface area contributed by atoms with Crippen molar-refractivity contribution in [2.75, 3.05) is 19.6 Å². The van der Waals surface area contributed by atoms with Crippen molar-refractivity contribution in [1.82, 2.24) is 9.62 Å². The molecule has 3 rings (SSSR count). The number of nitrogens with zero attached hydrogens (tertiary/aromatic N) is 1. The number of hydrogen-bond donors (Lipinski definition) is 1. The van der Waals surface area contributed by atoms with E-state index in [0.29, 0.717) is 19.0 Å². The van der Waals surface area contributed by atoms with E-state index in [-0.39, 0.29) is 16.0 Å². The van der Waals surface area contributed by atoms with E-state index in [1.165, 1.54) is 10.4 Å². The maximum atomic E-state index is 13.1. The molecule has 1 N–H and O–H groups in total. The van der Waals surface area contributed by atoms with Crippen LogP contribution in [-0.2, 0) is 10.0 Å². The summed E-state index contributed by atoms with van der Waals surface area (Å²) in [6.07, 6.45) is 2.12. The van der Waals surface area contributed by atoms with Crippen LogP contribution in [-0.4, -0.2) is 38.4 Å². The molecule has 20 heavy (non-hydrogen) atoms. The monoisotopic (exact) mass is 318 g/mol. The largest absolute Gasteiger partial charge is 0.312 e. The van der Waals surface area contributed by atoms with Gasteiger partial charge >= 0.3 is 0 Å². The Morgan fingerprint density at radius 3 is 2.85 bits per heavy atom. The van der Waals surface area contributed by atoms with Crippen LogP contribution >= 0.6 is 11.6 Å². The quantitative estimate of drug-likeness (QED) is 0.905. The highest BCUT2D eigenvalue weighted by molar-refractivity contribution is 7.89. The van der Waals surface area contributed by atoms with Gasteiger partial charge in [0, 0.05) is 19.1 Å². The molecule has 2 heterocycles. The molecule has 2 aliphatic heterocycles. The van der Waals surface area contributed by atoms with Crippen molar-refractivity contribution >= 4 is 21.6 Å². The third-order valence-corrected chi connectivity index (χ3v) is 6.39. The average molecular weight is 319 g/mol. The molecule has 110 valence electrons. The Balaban J connectivity index is 1.89. The van der Waals surface area contributed by atoms with Crippen molar-refractivity contribution in [3.05, 3.63) is 29.0 Å². The number of benzene rings is 1. The lowest BCUT2D eigenvalue weighted by Gasteiger charge is -2.24. The molecule has 0 spiro atoms. The fraction of sp³-hybridized carbons (Fsp3) is 0.538. The number of rotatable bonds is 2. The SMILES string of the molecule is O=S(=O)(c1ccc(F)cc1Cl)N1CC2CCCNC2C1. The third kappa shape index (κ3) is 2.45. The summed E-state index contributed by atoms with van der Waals surface area (Å²) in [5.41, 5.74) is 0. The van der Waals surface area contributed by atoms with Gasteiger partial charge in [-0.3, -0.25) is 0 Å². The van der Waals surface area contributed by atoms with Crippen molar-refractivity contribution in [2.45, 2.75) is 23.8 Å². The second-order valence-electron chi connectivity index (χ2n) is 5.36. The molecule has 2 saturated heterocycles. The first-order valence-corrected chi connectivity index (χ1v) is 8.49. The number of piperidine rings is 1. The van der Waals surface area contributed by atoms with E-state index < -0.39 is 15.8 Å². The van der Waals surface area contributed by atoms with Crippen LogP contribution in [0.25, 0.3) is 0 Å². The van der Waals surface area contributed by atoms with Gasteiger partial charge < -0.3 is 5.32 Å². The minimum atomic E-state index is -3.65. The number of nitrogens with one attached hydrogen (secondary N) is 1. The summed E-state index contributed by atoms with van der Waals surface area (Å²) < 4.78 is 39.7. The minimum absolute atomic E-state index is 0.0146. The molecule has 0 bridgehead atoms. The fourth-order valence-corrected chi connectivity index (χ4v) is 5.05. The van der Waals surface area contributed by atoms with Gasteiger partial charge in [0.05, 0.1) is 5.02 Å². The number of halogens is 2. The van der Waals surface area contributed by atoms with Crippen LogP contribution in [0.2, 0.25) is 5.02 Å². The van der Waals surface area contributed by atoms with E-state index >= 15 is 0 Å². The van der Waals surface area contributed by atoms with Gasteiger partial charge in [-0.05, 0) is 43.5 Å². The highest BCUT2D eigenvalue weighted by Crippen LogP contribution is 2.32. The van der Waals surface area contributed by atoms with Crippen LogP contribution in [0.1, 0.15) is 12.8 Å². The van der Waals surface area contributed by atoms with Crippen LogP contribution in [0, 0.1) is 11.7 Å². The Hall–Kier alpha value is -0.690. The summed E-state index contributed by atoms with van der Waals surface area (Å²) >= 11 is 5.88. The molecule has 2 aliphatic rings. The smallest absolute Gasteiger partial charge is 0.244 e. The summed E-state index contributed by atoms with van der Waals surface area (Å²) in [6.45, 7) is 1.90. The van der Waals surface area contributed by atoms with Gasteiger partial charge in [0.1, 0.15) is 10.7 Å². The summed E-state index contributed by atoms with van der Waals surface area (Å²) in [7, 11) is -3.65. The van der Waals surface area contributed by atoms with Crippen molar-refractivity contribution in [3.8, 4) is 0 Å². The molecular weight excluding hydrogens is 303 g/mol. The van der Waals surface area contributed by atoms with Crippen LogP contribution < -0.4 is 5.32 Å². The van der Waals surface area contributed by atoms with Gasteiger partial charge in [0.2, 0.25) is 10.0 Å². The third-order valence-electron chi connectivity index (χ3n) is 4.08. The van der Waals surface area contributed by atoms with E-state index in [4.69, 9.17) is 11.6 Å². The Bertz CT molecular complexity index is 609. The molecule has 0 saturated carbocycles. The standard InChI is InChI=1S/C13H16ClFN2O2S/c14-11-6-10(15)3-4-13(11)20(18,19)17-7-9-2-1-5-16-12(9)8-17/h3-4,6,9,12,16H,1-2,5,7-8H2. The Morgan fingerprint density at radius 2 is 2.15 bits per heavy atom. The molecule has 7 heteroatoms. The molecule has 4 nitrogen and oxygen atoms in total. The van der Waals surface area contributed by atoms with Gasteiger partial charge in [0.25, 0.3) is 0 Å². The number of sulfonamides is 1. The van der Waals surface area contributed by atoms with Crippen LogP contribution in [0.5, 0.6) is 0 Å². The molecular formula is C13H16ClFN2O2S. The zero-order valence-electron chi connectivity index (χ0n) is 10.9. The molecule has 0 aliphatic carbocycles. The van der Waals surface area contributed by atoms with E-state index in [1.807, 2.05) is 0 Å². The average Bonchev–Trinajstić information content (AvgIpc) is 2.82. The molecule has 2 unspecified atom stereocenters. The zero-order valence-corrected chi connectivity index (χ0v) is 12.4. The summed E-state index contributed by atoms with van der Waals surface area (Å²) in [6, 6.07) is 3.62. The van der Waals surface area contributed by atoms with Crippen LogP contribution in [0.4, 0.5) is 4.39 Å². The topological polar surface area (TPSA) is 49.4 Å². The highest BCUT2D eigenvalue weighted by Gasteiger charge is 2.40. The van der Waals surface area contributed by atoms with E-state index in [0.717, 1.165) is 31.5 Å². The maximum absolute atomic E-state index is 13.1. The molecule has 1 aromatic rings. The van der Waals surface area contributed by atoms with Crippen LogP contribution in [0.15, 0.2) is 23.1 Å². The van der Waals surface area contributed by atoms with E-state index in [2.05, 4.69) is 5.32 Å². The predicted molar refractivity (Wildman–Crippen MR) is 74.7 cm³/mol. The highest BCUT2D eigenvalue weighted by atomic mass is 35.5. The normalized spacial score (nSPS) is 27.5. The summed E-state index contributed by atoms with van der Waals surface area (Å²) in [5.74, 6) is -0.177. The van der Waals surface area contributed by atoms with Gasteiger partial charge in [-0.15, -0.1) is 0 Å². The molecule has 2 fully saturated rings. The Labute approximate surface area is 123 Å². The Morgan fingerprint density at radius 1 is 1.35 bits per heavy atom. The van der Waals surface area contributed by atoms with E-state index in [1.54, 1.807) is 0 Å². The lowest BCUT2D eigenvalue weighted by atomic mass is 9.94. The molecule has 0 radical (unpaired) electrons. The maximum Gasteiger partial charge on any atom is 0.244 e. The van der Waals surface area contributed by atoms with Gasteiger partial charge in [-0.25, -0.2) is 12.8 Å². The lowest BCUT2D eigenvalue weighted by molar-refractivity contribution is 0.339. The minimum Gasteiger partial charge on any atom is -0.312 e. The zero-order chi connectivity index (χ0) is 14.3. The van der Waals surface area contributed by atoms with Crippen molar-refractivity contribution < 1.29 is 12.8 Å². The second-order valence-corrected chi connectivity index (χ2v) is 7.67. The summed E-state index contributed by atoms with van der Waals surface area (Å²) in [4.78, 5) is -0.0146. The summed E-state index contributed by atoms with van der Waals surface area (Å²) in [5, 5.41) is 3.30. The first-order valence-electron chi connectivity index (χ1n) is 6.67. The number of hydrogen-bond acceptors (Lipinski definition) is 3. The van der Waals surface area contributed by atoms with Crippen molar-refractivity contribution in [3.63, 3.8) is 0 Å². The second kappa shape index (κ2) is 5.26. The fourth-order valence-electron chi connectivity index (χ4n) is 3.03. The van der Waals surface area contributed by atoms with Gasteiger partial charge in [0.15, 0.2) is 0 Å². The molecule has 0 aromatic heterocycles. The first kappa shape index (κ1) is 14.3. The predicted octanol–water partition coefficient (Wildman–Crippen LogP) is 1.85. The molecule has 2 atom stereocenters. The Kier molecular flexibility index (Phi) is 3.75. The molecule has 1 aromatic carbocycles. The first-order chi connectivity index (χ1) is 9.48. The lowest BCUT2D eigenvalue weighted by Crippen LogP contribution is -2.41. The van der Waals surface area contributed by atoms with Crippen molar-refractivity contribution in [2.24, 2.45) is 5.92 Å². The van der Waals surface area contributed by atoms with Gasteiger partial charge in [-0.2, -0.15) is 4.31 Å². The number of fused-ring (bicyclic) bond motifs is 1.